The Morgan fingerprint density at radius 3 is 2.67 bits per heavy atom. The van der Waals surface area contributed by atoms with Crippen LogP contribution in [0, 0.1) is 12.7 Å². The van der Waals surface area contributed by atoms with Crippen molar-refractivity contribution in [1.29, 1.82) is 0 Å². The summed E-state index contributed by atoms with van der Waals surface area (Å²) in [7, 11) is 0. The molecule has 0 amide bonds. The number of anilines is 1. The largest absolute Gasteiger partial charge is 0.369 e. The Morgan fingerprint density at radius 1 is 1.14 bits per heavy atom. The van der Waals surface area contributed by atoms with Gasteiger partial charge < -0.3 is 19.7 Å². The van der Waals surface area contributed by atoms with Crippen LogP contribution in [0.15, 0.2) is 41.2 Å². The smallest absolute Gasteiger partial charge is 0.238 e. The van der Waals surface area contributed by atoms with Gasteiger partial charge in [0, 0.05) is 60.2 Å². The van der Waals surface area contributed by atoms with Crippen LogP contribution in [0.3, 0.4) is 0 Å². The minimum absolute atomic E-state index is 0.0478. The summed E-state index contributed by atoms with van der Waals surface area (Å²) in [5.41, 5.74) is 4.85. The van der Waals surface area contributed by atoms with Gasteiger partial charge in [-0.05, 0) is 48.6 Å². The monoisotopic (exact) mass is 569 g/mol. The van der Waals surface area contributed by atoms with Gasteiger partial charge in [-0.15, -0.1) is 0 Å². The van der Waals surface area contributed by atoms with Crippen molar-refractivity contribution in [1.82, 2.24) is 30.4 Å². The third kappa shape index (κ3) is 5.15. The molecule has 0 aliphatic carbocycles. The summed E-state index contributed by atoms with van der Waals surface area (Å²) in [4.78, 5) is 31.8. The Hall–Kier alpha value is -4.18. The summed E-state index contributed by atoms with van der Waals surface area (Å²) >= 11 is 0. The van der Waals surface area contributed by atoms with Gasteiger partial charge in [-0.3, -0.25) is 4.79 Å². The van der Waals surface area contributed by atoms with Crippen LogP contribution in [-0.4, -0.2) is 57.1 Å². The highest BCUT2D eigenvalue weighted by Gasteiger charge is 2.25. The average Bonchev–Trinajstić information content (AvgIpc) is 3.63. The highest BCUT2D eigenvalue weighted by atomic mass is 19.1. The molecule has 0 unspecified atom stereocenters. The van der Waals surface area contributed by atoms with Gasteiger partial charge in [0.2, 0.25) is 17.5 Å². The molecule has 2 aromatic carbocycles. The molecule has 0 bridgehead atoms. The summed E-state index contributed by atoms with van der Waals surface area (Å²) in [6.07, 6.45) is 2.25. The molecule has 0 saturated carbocycles. The Balaban J connectivity index is 1.26. The summed E-state index contributed by atoms with van der Waals surface area (Å²) in [6.45, 7) is 13.5. The summed E-state index contributed by atoms with van der Waals surface area (Å²) in [5, 5.41) is 9.02. The molecule has 10 heteroatoms. The van der Waals surface area contributed by atoms with E-state index in [1.807, 2.05) is 33.8 Å². The van der Waals surface area contributed by atoms with E-state index >= 15 is 4.39 Å². The standard InChI is InChI=1S/C32H36FN7O2/c1-18(6-11-25(41)29-38-31(42-39-29)32(3,4)5)21-9-10-23(27(33)19(21)2)28-26-22-8-7-20(40-14-12-34-13-15-40)16-24(22)37-30(26)36-17-35-28/h7-10,16-18,34H,6,11-15H2,1-5H3,(H,35,36,37)/t18-/m0/s1. The number of Topliss-reactive ketones (excluding diaryl/α,β-unsaturated/α-hetero) is 1. The van der Waals surface area contributed by atoms with E-state index < -0.39 is 0 Å². The van der Waals surface area contributed by atoms with Crippen LogP contribution in [0.4, 0.5) is 10.1 Å². The molecule has 1 fully saturated rings. The summed E-state index contributed by atoms with van der Waals surface area (Å²) in [5.74, 6) is -0.0177. The molecule has 2 N–H and O–H groups in total. The molecule has 1 aliphatic rings. The fourth-order valence-electron chi connectivity index (χ4n) is 5.71. The molecule has 9 nitrogen and oxygen atoms in total. The molecule has 1 aliphatic heterocycles. The van der Waals surface area contributed by atoms with Crippen LogP contribution < -0.4 is 10.2 Å². The van der Waals surface area contributed by atoms with Crippen molar-refractivity contribution in [3.8, 4) is 11.3 Å². The fourth-order valence-corrected chi connectivity index (χ4v) is 5.71. The highest BCUT2D eigenvalue weighted by Crippen LogP contribution is 2.37. The van der Waals surface area contributed by atoms with E-state index in [4.69, 9.17) is 4.52 Å². The molecule has 0 spiro atoms. The van der Waals surface area contributed by atoms with Gasteiger partial charge in [-0.1, -0.05) is 45.0 Å². The first-order valence-electron chi connectivity index (χ1n) is 14.5. The van der Waals surface area contributed by atoms with Gasteiger partial charge in [0.25, 0.3) is 0 Å². The second-order valence-corrected chi connectivity index (χ2v) is 12.2. The second-order valence-electron chi connectivity index (χ2n) is 12.2. The zero-order valence-corrected chi connectivity index (χ0v) is 24.7. The quantitative estimate of drug-likeness (QED) is 0.227. The maximum Gasteiger partial charge on any atom is 0.238 e. The Labute approximate surface area is 243 Å². The van der Waals surface area contributed by atoms with Gasteiger partial charge >= 0.3 is 0 Å². The third-order valence-corrected chi connectivity index (χ3v) is 8.19. The second kappa shape index (κ2) is 10.9. The zero-order chi connectivity index (χ0) is 29.6. The van der Waals surface area contributed by atoms with Crippen molar-refractivity contribution >= 4 is 33.4 Å². The number of carbonyl (C=O) groups excluding carboxylic acids is 1. The number of carbonyl (C=O) groups is 1. The van der Waals surface area contributed by atoms with Gasteiger partial charge in [0.1, 0.15) is 17.8 Å². The number of ketones is 1. The average molecular weight is 570 g/mol. The molecular formula is C32H36FN7O2. The molecular weight excluding hydrogens is 533 g/mol. The first-order valence-corrected chi connectivity index (χ1v) is 14.5. The number of piperazine rings is 1. The minimum atomic E-state index is -0.328. The number of benzene rings is 2. The van der Waals surface area contributed by atoms with Crippen molar-refractivity contribution in [3.63, 3.8) is 0 Å². The molecule has 4 heterocycles. The van der Waals surface area contributed by atoms with E-state index in [1.165, 1.54) is 6.33 Å². The lowest BCUT2D eigenvalue weighted by molar-refractivity contribution is 0.0965. The number of halogens is 1. The van der Waals surface area contributed by atoms with E-state index in [-0.39, 0.29) is 35.2 Å². The molecule has 42 heavy (non-hydrogen) atoms. The van der Waals surface area contributed by atoms with Crippen LogP contribution in [-0.2, 0) is 5.41 Å². The lowest BCUT2D eigenvalue weighted by Crippen LogP contribution is -2.43. The predicted octanol–water partition coefficient (Wildman–Crippen LogP) is 6.08. The van der Waals surface area contributed by atoms with Crippen molar-refractivity contribution in [2.75, 3.05) is 31.1 Å². The summed E-state index contributed by atoms with van der Waals surface area (Å²) < 4.78 is 21.3. The molecule has 218 valence electrons. The van der Waals surface area contributed by atoms with E-state index in [0.717, 1.165) is 53.7 Å². The Bertz CT molecular complexity index is 1780. The van der Waals surface area contributed by atoms with Crippen molar-refractivity contribution < 1.29 is 13.7 Å². The fraction of sp³-hybridized carbons (Fsp3) is 0.406. The molecule has 6 rings (SSSR count). The van der Waals surface area contributed by atoms with Crippen molar-refractivity contribution in [3.05, 3.63) is 65.3 Å². The van der Waals surface area contributed by atoms with E-state index in [2.05, 4.69) is 53.5 Å². The molecule has 1 atom stereocenters. The maximum absolute atomic E-state index is 16.0. The Morgan fingerprint density at radius 2 is 1.93 bits per heavy atom. The van der Waals surface area contributed by atoms with Gasteiger partial charge in [0.15, 0.2) is 0 Å². The van der Waals surface area contributed by atoms with E-state index in [1.54, 1.807) is 13.0 Å². The minimum Gasteiger partial charge on any atom is -0.369 e. The molecule has 0 radical (unpaired) electrons. The molecule has 1 saturated heterocycles. The SMILES string of the molecule is Cc1c([C@@H](C)CCC(=O)c2noc(C(C)(C)C)n2)ccc(-c2ncnc3[nH]c4cc(N5CCNCC5)ccc4c23)c1F. The molecule has 5 aromatic rings. The first-order chi connectivity index (χ1) is 20.1. The van der Waals surface area contributed by atoms with Gasteiger partial charge in [-0.2, -0.15) is 4.98 Å². The number of aromatic amines is 1. The summed E-state index contributed by atoms with van der Waals surface area (Å²) in [6, 6.07) is 10.1. The van der Waals surface area contributed by atoms with Gasteiger partial charge in [0.05, 0.1) is 11.1 Å². The first kappa shape index (κ1) is 28.0. The lowest BCUT2D eigenvalue weighted by atomic mass is 9.89. The van der Waals surface area contributed by atoms with E-state index in [0.29, 0.717) is 34.8 Å². The van der Waals surface area contributed by atoms with Gasteiger partial charge in [-0.25, -0.2) is 14.4 Å². The number of fused-ring (bicyclic) bond motifs is 3. The number of nitrogens with zero attached hydrogens (tertiary/aromatic N) is 5. The van der Waals surface area contributed by atoms with Crippen LogP contribution in [0.25, 0.3) is 33.2 Å². The topological polar surface area (TPSA) is 113 Å². The van der Waals surface area contributed by atoms with Crippen LogP contribution in [0.1, 0.15) is 74.1 Å². The van der Waals surface area contributed by atoms with Crippen molar-refractivity contribution in [2.24, 2.45) is 0 Å². The number of aromatic nitrogens is 5. The van der Waals surface area contributed by atoms with Crippen LogP contribution >= 0.6 is 0 Å². The number of rotatable bonds is 7. The zero-order valence-electron chi connectivity index (χ0n) is 24.7. The lowest BCUT2D eigenvalue weighted by Gasteiger charge is -2.29. The Kier molecular flexibility index (Phi) is 7.26. The number of nitrogens with one attached hydrogen (secondary N) is 2. The number of H-pyrrole nitrogens is 1. The van der Waals surface area contributed by atoms with Crippen LogP contribution in [0.2, 0.25) is 0 Å². The maximum atomic E-state index is 16.0. The predicted molar refractivity (Wildman–Crippen MR) is 162 cm³/mol. The highest BCUT2D eigenvalue weighted by molar-refractivity contribution is 6.12. The van der Waals surface area contributed by atoms with Crippen LogP contribution in [0.5, 0.6) is 0 Å². The third-order valence-electron chi connectivity index (χ3n) is 8.19. The number of hydrogen-bond donors (Lipinski definition) is 2. The number of hydrogen-bond acceptors (Lipinski definition) is 8. The molecule has 3 aromatic heterocycles. The van der Waals surface area contributed by atoms with E-state index in [9.17, 15) is 4.79 Å². The normalized spacial score (nSPS) is 15.0. The van der Waals surface area contributed by atoms with Crippen molar-refractivity contribution in [2.45, 2.75) is 58.8 Å².